The number of carbonyl (C=O) groups excluding carboxylic acids is 2. The van der Waals surface area contributed by atoms with Crippen LogP contribution in [0.25, 0.3) is 0 Å². The number of likely N-dealkylation sites (tertiary alicyclic amines) is 1. The van der Waals surface area contributed by atoms with Crippen LogP contribution in [0.5, 0.6) is 0 Å². The Balaban J connectivity index is 3.17. The van der Waals surface area contributed by atoms with Crippen LogP contribution in [0.15, 0.2) is 0 Å². The third-order valence-corrected chi connectivity index (χ3v) is 14.5. The molecule has 3 nitrogen and oxygen atoms in total. The molecular formula is C19H39NO2Si2. The summed E-state index contributed by atoms with van der Waals surface area (Å²) in [6, 6.07) is 0. The highest BCUT2D eigenvalue weighted by Crippen LogP contribution is 2.47. The number of nitrogens with zero attached hydrogens (tertiary/aromatic N) is 1. The van der Waals surface area contributed by atoms with E-state index in [1.807, 2.05) is 0 Å². The fraction of sp³-hybridized carbons (Fsp3) is 0.895. The quantitative estimate of drug-likeness (QED) is 0.251. The number of amides is 1. The third kappa shape index (κ3) is 4.21. The minimum absolute atomic E-state index is 0.0548. The second-order valence-electron chi connectivity index (χ2n) is 10.1. The molecule has 0 spiro atoms. The second kappa shape index (κ2) is 7.44. The van der Waals surface area contributed by atoms with Crippen LogP contribution in [0.4, 0.5) is 0 Å². The summed E-state index contributed by atoms with van der Waals surface area (Å²) in [5.41, 5.74) is -0.262. The molecule has 0 aliphatic carbocycles. The van der Waals surface area contributed by atoms with E-state index in [2.05, 4.69) is 58.0 Å². The van der Waals surface area contributed by atoms with Gasteiger partial charge in [-0.25, -0.2) is 0 Å². The molecule has 0 unspecified atom stereocenters. The minimum Gasteiger partial charge on any atom is -0.338 e. The Bertz CT molecular complexity index is 465. The van der Waals surface area contributed by atoms with E-state index in [1.54, 1.807) is 6.92 Å². The van der Waals surface area contributed by atoms with Crippen LogP contribution in [0.3, 0.4) is 0 Å². The summed E-state index contributed by atoms with van der Waals surface area (Å²) in [7, 11) is -3.10. The Morgan fingerprint density at radius 2 is 1.58 bits per heavy atom. The third-order valence-electron chi connectivity index (χ3n) is 5.50. The van der Waals surface area contributed by atoms with Crippen LogP contribution in [-0.4, -0.2) is 43.6 Å². The Kier molecular flexibility index (Phi) is 6.70. The lowest BCUT2D eigenvalue weighted by atomic mass is 9.70. The molecule has 1 saturated heterocycles. The van der Waals surface area contributed by atoms with Gasteiger partial charge in [-0.05, 0) is 20.3 Å². The maximum atomic E-state index is 13.0. The molecule has 0 aromatic carbocycles. The topological polar surface area (TPSA) is 37.4 Å². The summed E-state index contributed by atoms with van der Waals surface area (Å²) < 4.78 is 0. The van der Waals surface area contributed by atoms with Gasteiger partial charge in [0.2, 0.25) is 5.91 Å². The average molecular weight is 370 g/mol. The molecule has 24 heavy (non-hydrogen) atoms. The molecule has 1 aliphatic rings. The Labute approximate surface area is 151 Å². The zero-order valence-electron chi connectivity index (χ0n) is 17.5. The molecule has 5 heteroatoms. The molecule has 1 heterocycles. The average Bonchev–Trinajstić information content (AvgIpc) is 2.37. The first-order valence-electron chi connectivity index (χ1n) is 9.62. The second-order valence-corrected chi connectivity index (χ2v) is 21.2. The minimum atomic E-state index is -1.55. The molecule has 0 aromatic rings. The molecule has 140 valence electrons. The van der Waals surface area contributed by atoms with Crippen molar-refractivity contribution in [1.29, 1.82) is 0 Å². The highest BCUT2D eigenvalue weighted by Gasteiger charge is 2.63. The number of rotatable bonds is 9. The van der Waals surface area contributed by atoms with Gasteiger partial charge < -0.3 is 4.90 Å². The lowest BCUT2D eigenvalue weighted by molar-refractivity contribution is -0.173. The van der Waals surface area contributed by atoms with Crippen molar-refractivity contribution in [2.45, 2.75) is 103 Å². The molecule has 2 atom stereocenters. The standard InChI is InChI=1S/C19H39NO2Si2/c1-10-11-12-13-14-19(3)16(15(2)21)17(22)20(19)18(23(4,5)6)24(7,8)9/h16,18H,10-14H2,1-9H3/t16-,19-/m0/s1. The molecule has 0 N–H and O–H groups in total. The number of hydrogen-bond donors (Lipinski definition) is 0. The molecule has 0 bridgehead atoms. The van der Waals surface area contributed by atoms with E-state index >= 15 is 0 Å². The number of carbonyl (C=O) groups is 2. The number of unbranched alkanes of at least 4 members (excludes halogenated alkanes) is 3. The summed E-state index contributed by atoms with van der Waals surface area (Å²) in [6.45, 7) is 20.3. The van der Waals surface area contributed by atoms with Gasteiger partial charge in [-0.1, -0.05) is 71.9 Å². The molecule has 0 radical (unpaired) electrons. The van der Waals surface area contributed by atoms with Crippen molar-refractivity contribution >= 4 is 27.8 Å². The highest BCUT2D eigenvalue weighted by atomic mass is 28.4. The van der Waals surface area contributed by atoms with Crippen molar-refractivity contribution in [3.63, 3.8) is 0 Å². The van der Waals surface area contributed by atoms with Crippen LogP contribution in [-0.2, 0) is 9.59 Å². The zero-order valence-corrected chi connectivity index (χ0v) is 19.5. The number of Topliss-reactive ketones (excluding diaryl/α,β-unsaturated/α-hetero) is 1. The van der Waals surface area contributed by atoms with Gasteiger partial charge >= 0.3 is 0 Å². The van der Waals surface area contributed by atoms with Gasteiger partial charge in [0.05, 0.1) is 21.7 Å². The SMILES string of the molecule is CCCCCC[C@@]1(C)[C@@H](C(C)=O)C(=O)N1C([Si](C)(C)C)[Si](C)(C)C. The van der Waals surface area contributed by atoms with Gasteiger partial charge in [0, 0.05) is 5.29 Å². The molecule has 0 saturated carbocycles. The predicted octanol–water partition coefficient (Wildman–Crippen LogP) is 4.89. The molecule has 1 amide bonds. The molecular weight excluding hydrogens is 330 g/mol. The summed E-state index contributed by atoms with van der Waals surface area (Å²) in [5.74, 6) is -0.246. The van der Waals surface area contributed by atoms with Crippen molar-refractivity contribution < 1.29 is 9.59 Å². The fourth-order valence-electron chi connectivity index (χ4n) is 5.01. The van der Waals surface area contributed by atoms with Crippen LogP contribution in [0.1, 0.15) is 52.9 Å². The van der Waals surface area contributed by atoms with E-state index in [1.165, 1.54) is 19.3 Å². The van der Waals surface area contributed by atoms with Gasteiger partial charge in [0.1, 0.15) is 11.7 Å². The molecule has 1 fully saturated rings. The van der Waals surface area contributed by atoms with E-state index in [0.29, 0.717) is 5.29 Å². The number of ketones is 1. The normalized spacial score (nSPS) is 25.2. The predicted molar refractivity (Wildman–Crippen MR) is 109 cm³/mol. The van der Waals surface area contributed by atoms with Gasteiger partial charge in [-0.2, -0.15) is 0 Å². The van der Waals surface area contributed by atoms with Crippen molar-refractivity contribution in [2.75, 3.05) is 0 Å². The van der Waals surface area contributed by atoms with Crippen molar-refractivity contribution in [1.82, 2.24) is 4.90 Å². The summed E-state index contributed by atoms with van der Waals surface area (Å²) in [5, 5.41) is 0.393. The van der Waals surface area contributed by atoms with Crippen molar-refractivity contribution in [2.24, 2.45) is 5.92 Å². The van der Waals surface area contributed by atoms with Crippen LogP contribution in [0, 0.1) is 5.92 Å². The Morgan fingerprint density at radius 1 is 1.08 bits per heavy atom. The van der Waals surface area contributed by atoms with E-state index in [9.17, 15) is 9.59 Å². The number of hydrogen-bond acceptors (Lipinski definition) is 2. The Hall–Kier alpha value is -0.426. The molecule has 1 rings (SSSR count). The van der Waals surface area contributed by atoms with Gasteiger partial charge in [0.25, 0.3) is 0 Å². The first kappa shape index (κ1) is 21.6. The first-order valence-corrected chi connectivity index (χ1v) is 16.8. The van der Waals surface area contributed by atoms with Crippen LogP contribution in [0.2, 0.25) is 39.3 Å². The smallest absolute Gasteiger partial charge is 0.235 e. The zero-order chi connectivity index (χ0) is 18.9. The summed E-state index contributed by atoms with van der Waals surface area (Å²) in [6.07, 6.45) is 5.72. The maximum Gasteiger partial charge on any atom is 0.235 e. The highest BCUT2D eigenvalue weighted by molar-refractivity contribution is 6.96. The summed E-state index contributed by atoms with van der Waals surface area (Å²) in [4.78, 5) is 27.4. The monoisotopic (exact) mass is 369 g/mol. The lowest BCUT2D eigenvalue weighted by Crippen LogP contribution is -2.80. The van der Waals surface area contributed by atoms with E-state index < -0.39 is 22.1 Å². The largest absolute Gasteiger partial charge is 0.338 e. The number of β-lactam (4-membered cyclic amide) rings is 1. The first-order chi connectivity index (χ1) is 10.8. The Morgan fingerprint density at radius 3 is 1.96 bits per heavy atom. The molecule has 0 aromatic heterocycles. The van der Waals surface area contributed by atoms with Crippen LogP contribution >= 0.6 is 0 Å². The van der Waals surface area contributed by atoms with E-state index in [4.69, 9.17) is 0 Å². The lowest BCUT2D eigenvalue weighted by Gasteiger charge is -2.63. The summed E-state index contributed by atoms with van der Waals surface area (Å²) >= 11 is 0. The van der Waals surface area contributed by atoms with Gasteiger partial charge in [-0.3, -0.25) is 9.59 Å². The van der Waals surface area contributed by atoms with E-state index in [-0.39, 0.29) is 17.2 Å². The van der Waals surface area contributed by atoms with Crippen LogP contribution < -0.4 is 0 Å². The fourth-order valence-corrected chi connectivity index (χ4v) is 17.8. The maximum absolute atomic E-state index is 13.0. The van der Waals surface area contributed by atoms with Gasteiger partial charge in [0.15, 0.2) is 0 Å². The van der Waals surface area contributed by atoms with Crippen molar-refractivity contribution in [3.8, 4) is 0 Å². The van der Waals surface area contributed by atoms with Gasteiger partial charge in [-0.15, -0.1) is 0 Å². The molecule has 1 aliphatic heterocycles. The van der Waals surface area contributed by atoms with Crippen molar-refractivity contribution in [3.05, 3.63) is 0 Å². The van der Waals surface area contributed by atoms with E-state index in [0.717, 1.165) is 12.8 Å².